The zero-order valence-corrected chi connectivity index (χ0v) is 12.4. The third kappa shape index (κ3) is 3.09. The topological polar surface area (TPSA) is 23.6 Å². The molecular formula is C16H24N2O. The quantitative estimate of drug-likeness (QED) is 0.835. The lowest BCUT2D eigenvalue weighted by Crippen LogP contribution is -2.40. The van der Waals surface area contributed by atoms with Gasteiger partial charge in [-0.1, -0.05) is 32.9 Å². The van der Waals surface area contributed by atoms with Crippen LogP contribution in [0.2, 0.25) is 0 Å². The number of nitrogens with zero attached hydrogens (tertiary/aromatic N) is 2. The molecule has 0 saturated heterocycles. The minimum Gasteiger partial charge on any atom is -0.371 e. The van der Waals surface area contributed by atoms with E-state index in [0.717, 1.165) is 19.6 Å². The summed E-state index contributed by atoms with van der Waals surface area (Å²) in [6.07, 6.45) is 0.627. The van der Waals surface area contributed by atoms with Gasteiger partial charge in [-0.15, -0.1) is 0 Å². The van der Waals surface area contributed by atoms with Gasteiger partial charge in [0, 0.05) is 38.5 Å². The number of rotatable bonds is 3. The van der Waals surface area contributed by atoms with Gasteiger partial charge in [-0.05, 0) is 12.1 Å². The molecule has 0 fully saturated rings. The van der Waals surface area contributed by atoms with Crippen molar-refractivity contribution in [3.63, 3.8) is 0 Å². The standard InChI is InChI=1S/C16H24N2O/c1-16(2,3)15(19)9-10-18-12-11-17(4)13-7-5-6-8-14(13)18/h5-8H,9-12H2,1-4H3. The molecule has 0 saturated carbocycles. The summed E-state index contributed by atoms with van der Waals surface area (Å²) < 4.78 is 0. The van der Waals surface area contributed by atoms with Crippen molar-refractivity contribution in [2.45, 2.75) is 27.2 Å². The van der Waals surface area contributed by atoms with Crippen LogP contribution in [0.15, 0.2) is 24.3 Å². The van der Waals surface area contributed by atoms with Crippen LogP contribution in [0.4, 0.5) is 11.4 Å². The van der Waals surface area contributed by atoms with E-state index >= 15 is 0 Å². The Morgan fingerprint density at radius 3 is 2.42 bits per heavy atom. The third-order valence-electron chi connectivity index (χ3n) is 3.78. The van der Waals surface area contributed by atoms with Crippen LogP contribution in [-0.4, -0.2) is 32.5 Å². The molecule has 0 radical (unpaired) electrons. The predicted molar refractivity (Wildman–Crippen MR) is 81.0 cm³/mol. The summed E-state index contributed by atoms with van der Waals surface area (Å²) in [6.45, 7) is 8.81. The molecule has 1 aromatic rings. The number of benzene rings is 1. The predicted octanol–water partition coefficient (Wildman–Crippen LogP) is 2.95. The Kier molecular flexibility index (Phi) is 3.83. The van der Waals surface area contributed by atoms with E-state index in [4.69, 9.17) is 0 Å². The van der Waals surface area contributed by atoms with Crippen molar-refractivity contribution in [2.24, 2.45) is 5.41 Å². The lowest BCUT2D eigenvalue weighted by molar-refractivity contribution is -0.126. The molecule has 1 aliphatic rings. The Bertz CT molecular complexity index is 462. The van der Waals surface area contributed by atoms with Crippen LogP contribution in [0.5, 0.6) is 0 Å². The molecule has 2 rings (SSSR count). The number of fused-ring (bicyclic) bond motifs is 1. The highest BCUT2D eigenvalue weighted by atomic mass is 16.1. The van der Waals surface area contributed by atoms with Gasteiger partial charge in [-0.2, -0.15) is 0 Å². The van der Waals surface area contributed by atoms with Crippen molar-refractivity contribution in [3.05, 3.63) is 24.3 Å². The summed E-state index contributed by atoms with van der Waals surface area (Å²) in [6, 6.07) is 8.43. The second kappa shape index (κ2) is 5.24. The van der Waals surface area contributed by atoms with Gasteiger partial charge in [0.1, 0.15) is 5.78 Å². The van der Waals surface area contributed by atoms with Crippen molar-refractivity contribution < 1.29 is 4.79 Å². The van der Waals surface area contributed by atoms with Gasteiger partial charge in [-0.25, -0.2) is 0 Å². The average Bonchev–Trinajstić information content (AvgIpc) is 2.37. The molecule has 3 heteroatoms. The lowest BCUT2D eigenvalue weighted by atomic mass is 9.89. The SMILES string of the molecule is CN1CCN(CCC(=O)C(C)(C)C)c2ccccc21. The van der Waals surface area contributed by atoms with Crippen LogP contribution in [0.1, 0.15) is 27.2 Å². The number of hydrogen-bond donors (Lipinski definition) is 0. The summed E-state index contributed by atoms with van der Waals surface area (Å²) >= 11 is 0. The Balaban J connectivity index is 2.07. The van der Waals surface area contributed by atoms with Crippen molar-refractivity contribution in [2.75, 3.05) is 36.5 Å². The van der Waals surface area contributed by atoms with Gasteiger partial charge >= 0.3 is 0 Å². The second-order valence-corrected chi connectivity index (χ2v) is 6.32. The fraction of sp³-hybridized carbons (Fsp3) is 0.562. The molecule has 104 valence electrons. The normalized spacial score (nSPS) is 15.4. The molecule has 0 unspecified atom stereocenters. The number of Topliss-reactive ketones (excluding diaryl/α,β-unsaturated/α-hetero) is 1. The summed E-state index contributed by atoms with van der Waals surface area (Å²) in [5.41, 5.74) is 2.28. The van der Waals surface area contributed by atoms with E-state index in [1.165, 1.54) is 11.4 Å². The maximum atomic E-state index is 12.0. The first-order valence-corrected chi connectivity index (χ1v) is 6.98. The smallest absolute Gasteiger partial charge is 0.139 e. The van der Waals surface area contributed by atoms with Gasteiger partial charge in [0.2, 0.25) is 0 Å². The van der Waals surface area contributed by atoms with Crippen molar-refractivity contribution in [1.29, 1.82) is 0 Å². The Morgan fingerprint density at radius 2 is 1.79 bits per heavy atom. The Morgan fingerprint density at radius 1 is 1.16 bits per heavy atom. The van der Waals surface area contributed by atoms with Crippen LogP contribution < -0.4 is 9.80 Å². The van der Waals surface area contributed by atoms with Crippen LogP contribution in [0, 0.1) is 5.41 Å². The van der Waals surface area contributed by atoms with E-state index in [1.54, 1.807) is 0 Å². The fourth-order valence-electron chi connectivity index (χ4n) is 2.41. The number of carbonyl (C=O) groups is 1. The minimum atomic E-state index is -0.230. The zero-order chi connectivity index (χ0) is 14.0. The molecule has 1 aromatic carbocycles. The number of para-hydroxylation sites is 2. The second-order valence-electron chi connectivity index (χ2n) is 6.32. The van der Waals surface area contributed by atoms with Gasteiger partial charge in [0.25, 0.3) is 0 Å². The van der Waals surface area contributed by atoms with Gasteiger partial charge in [0.15, 0.2) is 0 Å². The summed E-state index contributed by atoms with van der Waals surface area (Å²) in [5.74, 6) is 0.337. The van der Waals surface area contributed by atoms with Gasteiger partial charge in [0.05, 0.1) is 11.4 Å². The molecule has 0 aliphatic carbocycles. The average molecular weight is 260 g/mol. The van der Waals surface area contributed by atoms with E-state index < -0.39 is 0 Å². The molecule has 0 N–H and O–H groups in total. The summed E-state index contributed by atoms with van der Waals surface area (Å²) in [5, 5.41) is 0. The molecular weight excluding hydrogens is 236 g/mol. The molecule has 1 aliphatic heterocycles. The number of likely N-dealkylation sites (N-methyl/N-ethyl adjacent to an activating group) is 1. The first-order chi connectivity index (χ1) is 8.89. The van der Waals surface area contributed by atoms with Crippen LogP contribution in [0.3, 0.4) is 0 Å². The maximum absolute atomic E-state index is 12.0. The highest BCUT2D eigenvalue weighted by molar-refractivity contribution is 5.84. The Labute approximate surface area is 116 Å². The van der Waals surface area contributed by atoms with Gasteiger partial charge in [-0.3, -0.25) is 4.79 Å². The summed E-state index contributed by atoms with van der Waals surface area (Å²) in [7, 11) is 2.12. The molecule has 0 bridgehead atoms. The molecule has 0 amide bonds. The highest BCUT2D eigenvalue weighted by Gasteiger charge is 2.24. The first kappa shape index (κ1) is 13.9. The molecule has 0 spiro atoms. The van der Waals surface area contributed by atoms with Crippen molar-refractivity contribution in [3.8, 4) is 0 Å². The minimum absolute atomic E-state index is 0.230. The molecule has 3 nitrogen and oxygen atoms in total. The van der Waals surface area contributed by atoms with Crippen LogP contribution >= 0.6 is 0 Å². The van der Waals surface area contributed by atoms with E-state index in [9.17, 15) is 4.79 Å². The van der Waals surface area contributed by atoms with E-state index in [-0.39, 0.29) is 5.41 Å². The van der Waals surface area contributed by atoms with Crippen molar-refractivity contribution in [1.82, 2.24) is 0 Å². The lowest BCUT2D eigenvalue weighted by Gasteiger charge is -2.37. The maximum Gasteiger partial charge on any atom is 0.139 e. The van der Waals surface area contributed by atoms with E-state index in [0.29, 0.717) is 12.2 Å². The monoisotopic (exact) mass is 260 g/mol. The molecule has 0 atom stereocenters. The summed E-state index contributed by atoms with van der Waals surface area (Å²) in [4.78, 5) is 16.7. The van der Waals surface area contributed by atoms with Crippen LogP contribution in [0.25, 0.3) is 0 Å². The zero-order valence-electron chi connectivity index (χ0n) is 12.4. The third-order valence-corrected chi connectivity index (χ3v) is 3.78. The van der Waals surface area contributed by atoms with Crippen LogP contribution in [-0.2, 0) is 4.79 Å². The Hall–Kier alpha value is -1.51. The number of carbonyl (C=O) groups excluding carboxylic acids is 1. The first-order valence-electron chi connectivity index (χ1n) is 6.98. The number of ketones is 1. The van der Waals surface area contributed by atoms with E-state index in [1.807, 2.05) is 20.8 Å². The molecule has 19 heavy (non-hydrogen) atoms. The number of anilines is 2. The highest BCUT2D eigenvalue weighted by Crippen LogP contribution is 2.32. The number of hydrogen-bond acceptors (Lipinski definition) is 3. The molecule has 1 heterocycles. The largest absolute Gasteiger partial charge is 0.371 e. The molecule has 0 aromatic heterocycles. The van der Waals surface area contributed by atoms with Gasteiger partial charge < -0.3 is 9.80 Å². The van der Waals surface area contributed by atoms with Crippen molar-refractivity contribution >= 4 is 17.2 Å². The van der Waals surface area contributed by atoms with E-state index in [2.05, 4.69) is 41.1 Å². The fourth-order valence-corrected chi connectivity index (χ4v) is 2.41.